The maximum absolute atomic E-state index is 12.1. The van der Waals surface area contributed by atoms with Crippen LogP contribution in [0.2, 0.25) is 0 Å². The summed E-state index contributed by atoms with van der Waals surface area (Å²) in [7, 11) is 3.30. The monoisotopic (exact) mass is 354 g/mol. The molecule has 2 aromatic rings. The van der Waals surface area contributed by atoms with E-state index >= 15 is 0 Å². The number of carbonyl (C=O) groups excluding carboxylic acids is 1. The second-order valence-electron chi connectivity index (χ2n) is 5.83. The van der Waals surface area contributed by atoms with Crippen LogP contribution in [0, 0.1) is 6.92 Å². The lowest BCUT2D eigenvalue weighted by atomic mass is 10.1. The fourth-order valence-corrected chi connectivity index (χ4v) is 2.34. The zero-order valence-electron chi connectivity index (χ0n) is 15.5. The van der Waals surface area contributed by atoms with Crippen LogP contribution in [0.15, 0.2) is 53.5 Å². The smallest absolute Gasteiger partial charge is 0.251 e. The summed E-state index contributed by atoms with van der Waals surface area (Å²) in [6.07, 6.45) is 0. The highest BCUT2D eigenvalue weighted by Crippen LogP contribution is 2.12. The van der Waals surface area contributed by atoms with Gasteiger partial charge in [0.1, 0.15) is 5.75 Å². The van der Waals surface area contributed by atoms with Gasteiger partial charge in [-0.25, -0.2) is 0 Å². The Hall–Kier alpha value is -3.02. The van der Waals surface area contributed by atoms with Crippen LogP contribution < -0.4 is 20.7 Å². The van der Waals surface area contributed by atoms with E-state index in [1.165, 1.54) is 11.1 Å². The van der Waals surface area contributed by atoms with Crippen molar-refractivity contribution < 1.29 is 9.53 Å². The van der Waals surface area contributed by atoms with Crippen LogP contribution in [-0.4, -0.2) is 39.1 Å². The molecule has 0 unspecified atom stereocenters. The number of benzene rings is 2. The third-order valence-electron chi connectivity index (χ3n) is 3.84. The predicted molar refractivity (Wildman–Crippen MR) is 105 cm³/mol. The summed E-state index contributed by atoms with van der Waals surface area (Å²) in [4.78, 5) is 16.3. The molecule has 1 amide bonds. The molecule has 0 atom stereocenters. The van der Waals surface area contributed by atoms with Gasteiger partial charge in [-0.05, 0) is 30.7 Å². The van der Waals surface area contributed by atoms with E-state index in [9.17, 15) is 4.79 Å². The Morgan fingerprint density at radius 3 is 2.46 bits per heavy atom. The molecule has 0 heterocycles. The van der Waals surface area contributed by atoms with Crippen LogP contribution in [0.1, 0.15) is 21.5 Å². The van der Waals surface area contributed by atoms with Gasteiger partial charge in [-0.15, -0.1) is 0 Å². The summed E-state index contributed by atoms with van der Waals surface area (Å²) in [6, 6.07) is 15.4. The van der Waals surface area contributed by atoms with E-state index in [4.69, 9.17) is 4.74 Å². The number of hydrogen-bond acceptors (Lipinski definition) is 3. The van der Waals surface area contributed by atoms with E-state index in [1.54, 1.807) is 32.4 Å². The van der Waals surface area contributed by atoms with Gasteiger partial charge < -0.3 is 20.7 Å². The normalized spacial score (nSPS) is 11.0. The summed E-state index contributed by atoms with van der Waals surface area (Å²) in [5.41, 5.74) is 3.00. The molecule has 0 spiro atoms. The Morgan fingerprint density at radius 1 is 1.04 bits per heavy atom. The minimum atomic E-state index is -0.131. The molecule has 0 aliphatic heterocycles. The Labute approximate surface area is 154 Å². The highest BCUT2D eigenvalue weighted by atomic mass is 16.5. The van der Waals surface area contributed by atoms with Gasteiger partial charge in [-0.2, -0.15) is 0 Å². The first kappa shape index (κ1) is 19.3. The Bertz CT molecular complexity index is 742. The standard InChI is InChI=1S/C20H26N4O2/c1-15-7-9-16(10-8-15)14-24-20(21-2)23-12-11-22-19(25)17-5-4-6-18(13-17)26-3/h4-10,13H,11-12,14H2,1-3H3,(H,22,25)(H2,21,23,24). The molecular formula is C20H26N4O2. The van der Waals surface area contributed by atoms with Crippen molar-refractivity contribution in [3.8, 4) is 5.75 Å². The zero-order chi connectivity index (χ0) is 18.8. The molecule has 0 fully saturated rings. The Kier molecular flexibility index (Phi) is 7.49. The maximum Gasteiger partial charge on any atom is 0.251 e. The number of methoxy groups -OCH3 is 1. The van der Waals surface area contributed by atoms with Gasteiger partial charge in [-0.1, -0.05) is 35.9 Å². The summed E-state index contributed by atoms with van der Waals surface area (Å²) in [5, 5.41) is 9.30. The van der Waals surface area contributed by atoms with Crippen LogP contribution in [-0.2, 0) is 6.54 Å². The van der Waals surface area contributed by atoms with Crippen LogP contribution in [0.5, 0.6) is 5.75 Å². The molecule has 0 saturated heterocycles. The third kappa shape index (κ3) is 6.12. The van der Waals surface area contributed by atoms with Crippen molar-refractivity contribution in [1.82, 2.24) is 16.0 Å². The lowest BCUT2D eigenvalue weighted by Crippen LogP contribution is -2.41. The number of amides is 1. The highest BCUT2D eigenvalue weighted by molar-refractivity contribution is 5.94. The number of hydrogen-bond donors (Lipinski definition) is 3. The molecular weight excluding hydrogens is 328 g/mol. The van der Waals surface area contributed by atoms with Gasteiger partial charge in [0.05, 0.1) is 7.11 Å². The van der Waals surface area contributed by atoms with Crippen LogP contribution in [0.4, 0.5) is 0 Å². The number of nitrogens with zero attached hydrogens (tertiary/aromatic N) is 1. The van der Waals surface area contributed by atoms with Gasteiger partial charge >= 0.3 is 0 Å². The number of carbonyl (C=O) groups is 1. The number of ether oxygens (including phenoxy) is 1. The molecule has 6 heteroatoms. The molecule has 2 rings (SSSR count). The second kappa shape index (κ2) is 10.1. The summed E-state index contributed by atoms with van der Waals surface area (Å²) in [6.45, 7) is 3.82. The number of nitrogens with one attached hydrogen (secondary N) is 3. The van der Waals surface area contributed by atoms with Gasteiger partial charge in [0, 0.05) is 32.2 Å². The minimum Gasteiger partial charge on any atom is -0.497 e. The molecule has 0 radical (unpaired) electrons. The van der Waals surface area contributed by atoms with E-state index in [2.05, 4.69) is 52.1 Å². The molecule has 0 aliphatic carbocycles. The molecule has 0 saturated carbocycles. The first-order valence-corrected chi connectivity index (χ1v) is 8.54. The average Bonchev–Trinajstić information content (AvgIpc) is 2.68. The largest absolute Gasteiger partial charge is 0.497 e. The van der Waals surface area contributed by atoms with E-state index in [0.29, 0.717) is 36.9 Å². The first-order valence-electron chi connectivity index (χ1n) is 8.54. The summed E-state index contributed by atoms with van der Waals surface area (Å²) >= 11 is 0. The van der Waals surface area contributed by atoms with Crippen LogP contribution in [0.3, 0.4) is 0 Å². The van der Waals surface area contributed by atoms with Crippen molar-refractivity contribution in [1.29, 1.82) is 0 Å². The van der Waals surface area contributed by atoms with Crippen LogP contribution in [0.25, 0.3) is 0 Å². The van der Waals surface area contributed by atoms with Crippen molar-refractivity contribution >= 4 is 11.9 Å². The third-order valence-corrected chi connectivity index (χ3v) is 3.84. The Balaban J connectivity index is 1.71. The lowest BCUT2D eigenvalue weighted by molar-refractivity contribution is 0.0954. The van der Waals surface area contributed by atoms with Gasteiger partial charge in [-0.3, -0.25) is 9.79 Å². The molecule has 26 heavy (non-hydrogen) atoms. The van der Waals surface area contributed by atoms with Crippen molar-refractivity contribution in [2.45, 2.75) is 13.5 Å². The Morgan fingerprint density at radius 2 is 1.77 bits per heavy atom. The molecule has 6 nitrogen and oxygen atoms in total. The topological polar surface area (TPSA) is 74.8 Å². The number of aryl methyl sites for hydroxylation is 1. The van der Waals surface area contributed by atoms with E-state index in [-0.39, 0.29) is 5.91 Å². The van der Waals surface area contributed by atoms with E-state index in [1.807, 2.05) is 6.07 Å². The molecule has 2 aromatic carbocycles. The average molecular weight is 354 g/mol. The fraction of sp³-hybridized carbons (Fsp3) is 0.300. The minimum absolute atomic E-state index is 0.131. The quantitative estimate of drug-likeness (QED) is 0.404. The second-order valence-corrected chi connectivity index (χ2v) is 5.83. The van der Waals surface area contributed by atoms with Crippen molar-refractivity contribution in [3.63, 3.8) is 0 Å². The maximum atomic E-state index is 12.1. The van der Waals surface area contributed by atoms with Gasteiger partial charge in [0.2, 0.25) is 0 Å². The molecule has 0 bridgehead atoms. The van der Waals surface area contributed by atoms with Crippen molar-refractivity contribution in [2.75, 3.05) is 27.2 Å². The molecule has 138 valence electrons. The van der Waals surface area contributed by atoms with Gasteiger partial charge in [0.25, 0.3) is 5.91 Å². The summed E-state index contributed by atoms with van der Waals surface area (Å²) < 4.78 is 5.13. The fourth-order valence-electron chi connectivity index (χ4n) is 2.34. The van der Waals surface area contributed by atoms with Crippen molar-refractivity contribution in [2.24, 2.45) is 4.99 Å². The molecule has 0 aromatic heterocycles. The number of aliphatic imine (C=N–C) groups is 1. The number of rotatable bonds is 7. The molecule has 0 aliphatic rings. The van der Waals surface area contributed by atoms with E-state index < -0.39 is 0 Å². The highest BCUT2D eigenvalue weighted by Gasteiger charge is 2.06. The van der Waals surface area contributed by atoms with Gasteiger partial charge in [0.15, 0.2) is 5.96 Å². The zero-order valence-corrected chi connectivity index (χ0v) is 15.5. The van der Waals surface area contributed by atoms with Crippen LogP contribution >= 0.6 is 0 Å². The van der Waals surface area contributed by atoms with Crippen molar-refractivity contribution in [3.05, 3.63) is 65.2 Å². The number of guanidine groups is 1. The summed E-state index contributed by atoms with van der Waals surface area (Å²) in [5.74, 6) is 1.23. The predicted octanol–water partition coefficient (Wildman–Crippen LogP) is 2.10. The SMILES string of the molecule is CN=C(NCCNC(=O)c1cccc(OC)c1)NCc1ccc(C)cc1. The molecule has 3 N–H and O–H groups in total. The lowest BCUT2D eigenvalue weighted by Gasteiger charge is -2.12. The van der Waals surface area contributed by atoms with E-state index in [0.717, 1.165) is 0 Å². The first-order chi connectivity index (χ1) is 12.6.